The molecule has 4 heteroatoms. The summed E-state index contributed by atoms with van der Waals surface area (Å²) >= 11 is 0. The number of likely N-dealkylation sites (tertiary alicyclic amines) is 1. The van der Waals surface area contributed by atoms with Gasteiger partial charge in [0.15, 0.2) is 0 Å². The van der Waals surface area contributed by atoms with E-state index in [0.717, 1.165) is 11.1 Å². The van der Waals surface area contributed by atoms with Crippen molar-refractivity contribution in [1.82, 2.24) is 9.80 Å². The first-order chi connectivity index (χ1) is 13.6. The van der Waals surface area contributed by atoms with Crippen molar-refractivity contribution >= 4 is 11.8 Å². The Hall–Kier alpha value is -2.72. The Bertz CT molecular complexity index is 808. The van der Waals surface area contributed by atoms with Crippen molar-refractivity contribution in [3.8, 4) is 0 Å². The fraction of sp³-hybridized carbons (Fsp3) is 0.333. The van der Waals surface area contributed by atoms with Gasteiger partial charge in [0.2, 0.25) is 11.8 Å². The van der Waals surface area contributed by atoms with Crippen molar-refractivity contribution in [1.29, 1.82) is 0 Å². The van der Waals surface area contributed by atoms with E-state index in [1.54, 1.807) is 0 Å². The molecule has 2 aromatic rings. The number of carbonyl (C=O) groups excluding carboxylic acids is 2. The molecule has 1 fully saturated rings. The number of likely N-dealkylation sites (N-methyl/N-ethyl adjacent to an activating group) is 1. The van der Waals surface area contributed by atoms with Crippen LogP contribution in [0.3, 0.4) is 0 Å². The summed E-state index contributed by atoms with van der Waals surface area (Å²) < 4.78 is 0. The van der Waals surface area contributed by atoms with Gasteiger partial charge in [0.25, 0.3) is 0 Å². The van der Waals surface area contributed by atoms with Gasteiger partial charge in [-0.2, -0.15) is 0 Å². The number of allylic oxidation sites excluding steroid dienone is 2. The predicted molar refractivity (Wildman–Crippen MR) is 110 cm³/mol. The largest absolute Gasteiger partial charge is 0.308 e. The summed E-state index contributed by atoms with van der Waals surface area (Å²) in [6.45, 7) is 1.12. The molecule has 4 rings (SSSR count). The second kappa shape index (κ2) is 7.72. The van der Waals surface area contributed by atoms with Gasteiger partial charge in [-0.05, 0) is 25.2 Å². The minimum atomic E-state index is -0.340. The summed E-state index contributed by atoms with van der Waals surface area (Å²) in [6.07, 6.45) is 4.27. The minimum Gasteiger partial charge on any atom is -0.308 e. The van der Waals surface area contributed by atoms with Crippen LogP contribution in [-0.4, -0.2) is 48.8 Å². The van der Waals surface area contributed by atoms with E-state index in [-0.39, 0.29) is 35.5 Å². The highest BCUT2D eigenvalue weighted by atomic mass is 16.2. The second-order valence-electron chi connectivity index (χ2n) is 7.94. The highest BCUT2D eigenvalue weighted by Gasteiger charge is 2.54. The fourth-order valence-corrected chi connectivity index (χ4v) is 4.52. The van der Waals surface area contributed by atoms with Crippen LogP contribution >= 0.6 is 0 Å². The molecule has 1 saturated heterocycles. The first-order valence-electron chi connectivity index (χ1n) is 9.86. The summed E-state index contributed by atoms with van der Waals surface area (Å²) in [7, 11) is 3.92. The molecule has 144 valence electrons. The molecule has 2 aromatic carbocycles. The molecular formula is C24H26N2O2. The van der Waals surface area contributed by atoms with E-state index in [4.69, 9.17) is 0 Å². The molecule has 4 atom stereocenters. The first kappa shape index (κ1) is 18.6. The average molecular weight is 374 g/mol. The molecule has 0 N–H and O–H groups in total. The van der Waals surface area contributed by atoms with Gasteiger partial charge in [-0.1, -0.05) is 72.8 Å². The monoisotopic (exact) mass is 374 g/mol. The van der Waals surface area contributed by atoms with Gasteiger partial charge in [0, 0.05) is 24.9 Å². The lowest BCUT2D eigenvalue weighted by atomic mass is 9.68. The molecule has 4 nitrogen and oxygen atoms in total. The molecule has 1 heterocycles. The van der Waals surface area contributed by atoms with Gasteiger partial charge in [0.05, 0.1) is 11.8 Å². The number of benzene rings is 2. The molecule has 0 unspecified atom stereocenters. The van der Waals surface area contributed by atoms with Gasteiger partial charge < -0.3 is 4.90 Å². The number of imide groups is 1. The Labute approximate surface area is 166 Å². The fourth-order valence-electron chi connectivity index (χ4n) is 4.52. The van der Waals surface area contributed by atoms with Crippen LogP contribution in [-0.2, 0) is 9.59 Å². The van der Waals surface area contributed by atoms with Crippen molar-refractivity contribution in [2.45, 2.75) is 11.8 Å². The molecule has 1 aliphatic carbocycles. The molecule has 0 spiro atoms. The van der Waals surface area contributed by atoms with E-state index in [0.29, 0.717) is 13.1 Å². The topological polar surface area (TPSA) is 40.6 Å². The Morgan fingerprint density at radius 2 is 1.18 bits per heavy atom. The quantitative estimate of drug-likeness (QED) is 0.596. The summed E-state index contributed by atoms with van der Waals surface area (Å²) in [5.41, 5.74) is 2.19. The van der Waals surface area contributed by atoms with Gasteiger partial charge in [-0.3, -0.25) is 14.5 Å². The van der Waals surface area contributed by atoms with Gasteiger partial charge in [-0.25, -0.2) is 0 Å². The second-order valence-corrected chi connectivity index (χ2v) is 7.94. The number of hydrogen-bond acceptors (Lipinski definition) is 3. The lowest BCUT2D eigenvalue weighted by Gasteiger charge is -2.32. The van der Waals surface area contributed by atoms with Crippen LogP contribution < -0.4 is 0 Å². The molecule has 2 amide bonds. The number of nitrogens with zero attached hydrogens (tertiary/aromatic N) is 2. The standard InChI is InChI=1S/C24H26N2O2/c1-25(2)15-16-26-23(27)21-19(17-9-5-3-6-10-17)13-14-20(22(21)24(26)28)18-11-7-4-8-12-18/h3-14,19-22H,15-16H2,1-2H3/t19-,20+,21-,22+. The van der Waals surface area contributed by atoms with Gasteiger partial charge >= 0.3 is 0 Å². The Kier molecular flexibility index (Phi) is 5.14. The highest BCUT2D eigenvalue weighted by Crippen LogP contribution is 2.49. The van der Waals surface area contributed by atoms with Crippen LogP contribution in [0, 0.1) is 11.8 Å². The van der Waals surface area contributed by atoms with Crippen LogP contribution in [0.4, 0.5) is 0 Å². The average Bonchev–Trinajstić information content (AvgIpc) is 2.98. The molecule has 0 saturated carbocycles. The number of amides is 2. The van der Waals surface area contributed by atoms with E-state index in [9.17, 15) is 9.59 Å². The minimum absolute atomic E-state index is 0.0315. The van der Waals surface area contributed by atoms with E-state index >= 15 is 0 Å². The van der Waals surface area contributed by atoms with E-state index in [2.05, 4.69) is 36.4 Å². The Morgan fingerprint density at radius 3 is 1.57 bits per heavy atom. The summed E-state index contributed by atoms with van der Waals surface area (Å²) in [5, 5.41) is 0. The van der Waals surface area contributed by atoms with Crippen LogP contribution in [0.25, 0.3) is 0 Å². The third kappa shape index (κ3) is 3.29. The van der Waals surface area contributed by atoms with Crippen LogP contribution in [0.1, 0.15) is 23.0 Å². The Morgan fingerprint density at radius 1 is 0.750 bits per heavy atom. The molecule has 1 aliphatic heterocycles. The molecule has 0 radical (unpaired) electrons. The molecule has 2 aliphatic rings. The van der Waals surface area contributed by atoms with Gasteiger partial charge in [0.1, 0.15) is 0 Å². The van der Waals surface area contributed by atoms with Crippen molar-refractivity contribution < 1.29 is 9.59 Å². The maximum Gasteiger partial charge on any atom is 0.234 e. The number of hydrogen-bond donors (Lipinski definition) is 0. The van der Waals surface area contributed by atoms with Crippen LogP contribution in [0.15, 0.2) is 72.8 Å². The predicted octanol–water partition coefficient (Wildman–Crippen LogP) is 3.29. The van der Waals surface area contributed by atoms with Crippen molar-refractivity contribution in [2.75, 3.05) is 27.2 Å². The maximum absolute atomic E-state index is 13.4. The number of fused-ring (bicyclic) bond motifs is 1. The van der Waals surface area contributed by atoms with Crippen molar-refractivity contribution in [3.63, 3.8) is 0 Å². The Balaban J connectivity index is 1.75. The van der Waals surface area contributed by atoms with Gasteiger partial charge in [-0.15, -0.1) is 0 Å². The number of rotatable bonds is 5. The molecular weight excluding hydrogens is 348 g/mol. The third-order valence-electron chi connectivity index (χ3n) is 5.93. The van der Waals surface area contributed by atoms with E-state index < -0.39 is 0 Å². The van der Waals surface area contributed by atoms with E-state index in [1.807, 2.05) is 55.4 Å². The zero-order chi connectivity index (χ0) is 19.7. The normalized spacial score (nSPS) is 26.8. The lowest BCUT2D eigenvalue weighted by Crippen LogP contribution is -2.37. The van der Waals surface area contributed by atoms with E-state index in [1.165, 1.54) is 4.90 Å². The zero-order valence-corrected chi connectivity index (χ0v) is 16.4. The molecule has 0 aromatic heterocycles. The summed E-state index contributed by atoms with van der Waals surface area (Å²) in [4.78, 5) is 30.3. The third-order valence-corrected chi connectivity index (χ3v) is 5.93. The van der Waals surface area contributed by atoms with Crippen LogP contribution in [0.5, 0.6) is 0 Å². The zero-order valence-electron chi connectivity index (χ0n) is 16.4. The number of carbonyl (C=O) groups is 2. The first-order valence-corrected chi connectivity index (χ1v) is 9.86. The molecule has 28 heavy (non-hydrogen) atoms. The summed E-state index contributed by atoms with van der Waals surface area (Å²) in [5.74, 6) is -0.870. The maximum atomic E-state index is 13.4. The summed E-state index contributed by atoms with van der Waals surface area (Å²) in [6, 6.07) is 20.1. The van der Waals surface area contributed by atoms with Crippen LogP contribution in [0.2, 0.25) is 0 Å². The lowest BCUT2D eigenvalue weighted by molar-refractivity contribution is -0.140. The SMILES string of the molecule is CN(C)CCN1C(=O)[C@@H]2[C@H](C1=O)[C@@H](c1ccccc1)C=C[C@H]2c1ccccc1. The molecule has 0 bridgehead atoms. The van der Waals surface area contributed by atoms with Crippen molar-refractivity contribution in [3.05, 3.63) is 83.9 Å². The highest BCUT2D eigenvalue weighted by molar-refractivity contribution is 6.06. The smallest absolute Gasteiger partial charge is 0.234 e. The van der Waals surface area contributed by atoms with Crippen molar-refractivity contribution in [2.24, 2.45) is 11.8 Å².